The normalized spacial score (nSPS) is 12.2. The molecule has 0 aliphatic heterocycles. The number of benzene rings is 2. The van der Waals surface area contributed by atoms with Crippen LogP contribution in [0, 0.1) is 5.82 Å². The molecule has 106 valence electrons. The second-order valence-electron chi connectivity index (χ2n) is 4.43. The molecule has 0 heterocycles. The average molecular weight is 403 g/mol. The first-order valence-corrected chi connectivity index (χ1v) is 7.80. The molecule has 0 saturated heterocycles. The lowest BCUT2D eigenvalue weighted by Gasteiger charge is -2.21. The molecule has 2 N–H and O–H groups in total. The van der Waals surface area contributed by atoms with E-state index in [0.717, 1.165) is 22.1 Å². The Balaban J connectivity index is 2.31. The van der Waals surface area contributed by atoms with Gasteiger partial charge in [-0.25, -0.2) is 4.39 Å². The van der Waals surface area contributed by atoms with Gasteiger partial charge in [0.15, 0.2) is 0 Å². The van der Waals surface area contributed by atoms with E-state index in [1.807, 2.05) is 13.0 Å². The summed E-state index contributed by atoms with van der Waals surface area (Å²) in [6, 6.07) is 9.76. The highest BCUT2D eigenvalue weighted by Crippen LogP contribution is 2.34. The number of hydrogen-bond acceptors (Lipinski definition) is 2. The summed E-state index contributed by atoms with van der Waals surface area (Å²) in [5, 5.41) is 13.3. The molecule has 0 radical (unpaired) electrons. The first-order chi connectivity index (χ1) is 9.51. The monoisotopic (exact) mass is 401 g/mol. The molecule has 2 aromatic rings. The van der Waals surface area contributed by atoms with Crippen molar-refractivity contribution in [3.8, 4) is 5.75 Å². The maximum atomic E-state index is 13.1. The molecule has 0 amide bonds. The third-order valence-corrected chi connectivity index (χ3v) is 4.18. The summed E-state index contributed by atoms with van der Waals surface area (Å²) in [5.74, 6) is -0.0495. The number of nitrogens with one attached hydrogen (secondary N) is 1. The van der Waals surface area contributed by atoms with Crippen molar-refractivity contribution in [2.24, 2.45) is 0 Å². The molecule has 5 heteroatoms. The second kappa shape index (κ2) is 6.59. The quantitative estimate of drug-likeness (QED) is 0.695. The van der Waals surface area contributed by atoms with Gasteiger partial charge in [-0.05, 0) is 58.7 Å². The fraction of sp³-hybridized carbons (Fsp3) is 0.200. The first-order valence-electron chi connectivity index (χ1n) is 6.21. The number of phenols is 1. The van der Waals surface area contributed by atoms with Crippen molar-refractivity contribution >= 4 is 37.5 Å². The van der Waals surface area contributed by atoms with Crippen LogP contribution in [0.25, 0.3) is 0 Å². The molecule has 20 heavy (non-hydrogen) atoms. The Labute approximate surface area is 134 Å². The number of hydrogen-bond donors (Lipinski definition) is 2. The van der Waals surface area contributed by atoms with Gasteiger partial charge in [0.2, 0.25) is 0 Å². The predicted molar refractivity (Wildman–Crippen MR) is 86.6 cm³/mol. The van der Waals surface area contributed by atoms with E-state index in [9.17, 15) is 9.50 Å². The Morgan fingerprint density at radius 2 is 1.95 bits per heavy atom. The van der Waals surface area contributed by atoms with Crippen LogP contribution in [0.4, 0.5) is 10.1 Å². The molecule has 0 bridgehead atoms. The zero-order chi connectivity index (χ0) is 14.7. The largest absolute Gasteiger partial charge is 0.508 e. The highest BCUT2D eigenvalue weighted by Gasteiger charge is 2.15. The molecule has 2 rings (SSSR count). The van der Waals surface area contributed by atoms with Gasteiger partial charge in [-0.1, -0.05) is 22.9 Å². The Kier molecular flexibility index (Phi) is 5.05. The smallest absolute Gasteiger partial charge is 0.124 e. The molecule has 1 unspecified atom stereocenters. The lowest BCUT2D eigenvalue weighted by atomic mass is 10.0. The minimum absolute atomic E-state index is 0.0609. The van der Waals surface area contributed by atoms with Gasteiger partial charge in [0.05, 0.1) is 6.04 Å². The Morgan fingerprint density at radius 1 is 1.20 bits per heavy atom. The van der Waals surface area contributed by atoms with Crippen LogP contribution < -0.4 is 5.32 Å². The number of phenolic OH excluding ortho intramolecular Hbond substituents is 1. The highest BCUT2D eigenvalue weighted by molar-refractivity contribution is 9.10. The topological polar surface area (TPSA) is 32.3 Å². The average Bonchev–Trinajstić information content (AvgIpc) is 2.41. The zero-order valence-electron chi connectivity index (χ0n) is 10.8. The molecule has 2 nitrogen and oxygen atoms in total. The van der Waals surface area contributed by atoms with E-state index in [1.165, 1.54) is 12.1 Å². The molecule has 0 spiro atoms. The zero-order valence-corrected chi connectivity index (χ0v) is 14.0. The molecule has 0 saturated carbocycles. The molecular formula is C15H14Br2FNO. The minimum Gasteiger partial charge on any atom is -0.508 e. The van der Waals surface area contributed by atoms with E-state index in [0.29, 0.717) is 4.47 Å². The van der Waals surface area contributed by atoms with Crippen LogP contribution in [-0.2, 0) is 0 Å². The third-order valence-electron chi connectivity index (χ3n) is 3.03. The third kappa shape index (κ3) is 3.52. The lowest BCUT2D eigenvalue weighted by molar-refractivity contribution is 0.462. The van der Waals surface area contributed by atoms with Gasteiger partial charge >= 0.3 is 0 Å². The van der Waals surface area contributed by atoms with Gasteiger partial charge < -0.3 is 10.4 Å². The number of rotatable bonds is 4. The summed E-state index contributed by atoms with van der Waals surface area (Å²) in [6.07, 6.45) is 0.786. The molecule has 2 aromatic carbocycles. The van der Waals surface area contributed by atoms with Crippen molar-refractivity contribution in [3.05, 3.63) is 56.7 Å². The van der Waals surface area contributed by atoms with Gasteiger partial charge in [-0.15, -0.1) is 0 Å². The van der Waals surface area contributed by atoms with E-state index < -0.39 is 0 Å². The number of aromatic hydroxyl groups is 1. The van der Waals surface area contributed by atoms with E-state index in [-0.39, 0.29) is 17.6 Å². The van der Waals surface area contributed by atoms with Gasteiger partial charge in [0.25, 0.3) is 0 Å². The van der Waals surface area contributed by atoms with Crippen molar-refractivity contribution in [3.63, 3.8) is 0 Å². The van der Waals surface area contributed by atoms with Crippen LogP contribution in [-0.4, -0.2) is 5.11 Å². The molecule has 1 atom stereocenters. The summed E-state index contributed by atoms with van der Waals surface area (Å²) < 4.78 is 14.7. The molecule has 0 aliphatic rings. The highest BCUT2D eigenvalue weighted by atomic mass is 79.9. The van der Waals surface area contributed by atoms with E-state index >= 15 is 0 Å². The molecule has 0 aromatic heterocycles. The van der Waals surface area contributed by atoms with Crippen molar-refractivity contribution < 1.29 is 9.50 Å². The minimum atomic E-state index is -0.291. The van der Waals surface area contributed by atoms with E-state index in [1.54, 1.807) is 18.2 Å². The summed E-state index contributed by atoms with van der Waals surface area (Å²) in [6.45, 7) is 2.02. The summed E-state index contributed by atoms with van der Waals surface area (Å²) in [5.41, 5.74) is 1.59. The van der Waals surface area contributed by atoms with E-state index in [4.69, 9.17) is 0 Å². The fourth-order valence-electron chi connectivity index (χ4n) is 2.00. The van der Waals surface area contributed by atoms with E-state index in [2.05, 4.69) is 37.2 Å². The van der Waals surface area contributed by atoms with Crippen LogP contribution in [0.3, 0.4) is 0 Å². The van der Waals surface area contributed by atoms with Gasteiger partial charge in [0, 0.05) is 20.2 Å². The Morgan fingerprint density at radius 3 is 2.60 bits per heavy atom. The fourth-order valence-corrected chi connectivity index (χ4v) is 2.84. The summed E-state index contributed by atoms with van der Waals surface area (Å²) >= 11 is 6.74. The van der Waals surface area contributed by atoms with Crippen LogP contribution in [0.15, 0.2) is 45.3 Å². The van der Waals surface area contributed by atoms with Crippen LogP contribution in [0.5, 0.6) is 5.75 Å². The van der Waals surface area contributed by atoms with Crippen LogP contribution in [0.1, 0.15) is 24.9 Å². The Hall–Kier alpha value is -1.07. The standard InChI is InChI=1S/C15H14Br2FNO/c1-2-13(11-7-9(16)3-6-15(11)20)19-14-5-4-10(18)8-12(14)17/h3-8,13,19-20H,2H2,1H3. The number of halogens is 3. The van der Waals surface area contributed by atoms with Crippen molar-refractivity contribution in [2.75, 3.05) is 5.32 Å². The number of anilines is 1. The molecular weight excluding hydrogens is 389 g/mol. The maximum absolute atomic E-state index is 13.1. The van der Waals surface area contributed by atoms with Gasteiger partial charge in [-0.3, -0.25) is 0 Å². The van der Waals surface area contributed by atoms with Crippen LogP contribution >= 0.6 is 31.9 Å². The van der Waals surface area contributed by atoms with Gasteiger partial charge in [0.1, 0.15) is 11.6 Å². The maximum Gasteiger partial charge on any atom is 0.124 e. The van der Waals surface area contributed by atoms with Crippen molar-refractivity contribution in [1.82, 2.24) is 0 Å². The first kappa shape index (κ1) is 15.3. The second-order valence-corrected chi connectivity index (χ2v) is 6.20. The van der Waals surface area contributed by atoms with Gasteiger partial charge in [-0.2, -0.15) is 0 Å². The van der Waals surface area contributed by atoms with Crippen molar-refractivity contribution in [2.45, 2.75) is 19.4 Å². The summed E-state index contributed by atoms with van der Waals surface area (Å²) in [7, 11) is 0. The van der Waals surface area contributed by atoms with Crippen molar-refractivity contribution in [1.29, 1.82) is 0 Å². The molecule has 0 aliphatic carbocycles. The lowest BCUT2D eigenvalue weighted by Crippen LogP contribution is -2.10. The Bertz CT molecular complexity index is 619. The summed E-state index contributed by atoms with van der Waals surface area (Å²) in [4.78, 5) is 0. The SMILES string of the molecule is CCC(Nc1ccc(F)cc1Br)c1cc(Br)ccc1O. The van der Waals surface area contributed by atoms with Crippen LogP contribution in [0.2, 0.25) is 0 Å². The predicted octanol–water partition coefficient (Wildman–Crippen LogP) is 5.62. The molecule has 0 fully saturated rings.